The van der Waals surface area contributed by atoms with E-state index in [0.29, 0.717) is 10.7 Å². The Kier molecular flexibility index (Phi) is 4.59. The third-order valence-electron chi connectivity index (χ3n) is 3.48. The molecule has 0 spiro atoms. The molecule has 0 aliphatic heterocycles. The Balaban J connectivity index is 1.65. The molecule has 0 unspecified atom stereocenters. The van der Waals surface area contributed by atoms with E-state index < -0.39 is 18.0 Å². The van der Waals surface area contributed by atoms with E-state index in [9.17, 15) is 9.59 Å². The highest BCUT2D eigenvalue weighted by atomic mass is 32.1. The standard InChI is InChI=1S/C16H15N3O3S2/c1-8-10(3)24-16(18-8)19-14(20)9(2)22-15(21)11-4-5-12-13(6-11)23-7-17-12/h4-7,9H,1-3H3,(H,18,19,20)/t9-/m0/s1. The first-order chi connectivity index (χ1) is 11.4. The normalized spacial score (nSPS) is 12.1. The lowest BCUT2D eigenvalue weighted by atomic mass is 10.2. The molecule has 0 saturated heterocycles. The van der Waals surface area contributed by atoms with E-state index in [1.165, 1.54) is 29.6 Å². The lowest BCUT2D eigenvalue weighted by Gasteiger charge is -2.12. The molecule has 24 heavy (non-hydrogen) atoms. The van der Waals surface area contributed by atoms with E-state index in [-0.39, 0.29) is 0 Å². The third-order valence-corrected chi connectivity index (χ3v) is 5.26. The summed E-state index contributed by atoms with van der Waals surface area (Å²) >= 11 is 2.83. The number of nitrogens with zero attached hydrogens (tertiary/aromatic N) is 2. The maximum atomic E-state index is 12.2. The second kappa shape index (κ2) is 6.66. The first-order valence-corrected chi connectivity index (χ1v) is 8.93. The quantitative estimate of drug-likeness (QED) is 0.719. The number of fused-ring (bicyclic) bond motifs is 1. The topological polar surface area (TPSA) is 81.2 Å². The van der Waals surface area contributed by atoms with Gasteiger partial charge in [-0.1, -0.05) is 0 Å². The fourth-order valence-electron chi connectivity index (χ4n) is 2.00. The van der Waals surface area contributed by atoms with E-state index in [1.807, 2.05) is 13.8 Å². The molecule has 0 aliphatic carbocycles. The highest BCUT2D eigenvalue weighted by molar-refractivity contribution is 7.16. The first kappa shape index (κ1) is 16.5. The molecule has 6 nitrogen and oxygen atoms in total. The van der Waals surface area contributed by atoms with Crippen LogP contribution in [0.2, 0.25) is 0 Å². The van der Waals surface area contributed by atoms with E-state index in [2.05, 4.69) is 15.3 Å². The number of aryl methyl sites for hydroxylation is 2. The van der Waals surface area contributed by atoms with Crippen LogP contribution < -0.4 is 5.32 Å². The van der Waals surface area contributed by atoms with Crippen LogP contribution in [-0.4, -0.2) is 27.9 Å². The second-order valence-electron chi connectivity index (χ2n) is 5.23. The number of carbonyl (C=O) groups is 2. The number of hydrogen-bond donors (Lipinski definition) is 1. The van der Waals surface area contributed by atoms with Gasteiger partial charge in [-0.15, -0.1) is 22.7 Å². The van der Waals surface area contributed by atoms with Crippen LogP contribution in [0.4, 0.5) is 5.13 Å². The zero-order valence-corrected chi connectivity index (χ0v) is 15.0. The molecule has 3 aromatic rings. The molecule has 1 amide bonds. The molecule has 2 heterocycles. The molecule has 0 radical (unpaired) electrons. The summed E-state index contributed by atoms with van der Waals surface area (Å²) in [5, 5.41) is 3.17. The summed E-state index contributed by atoms with van der Waals surface area (Å²) in [4.78, 5) is 33.8. The molecule has 0 bridgehead atoms. The SMILES string of the molecule is Cc1nc(NC(=O)[C@H](C)OC(=O)c2ccc3ncsc3c2)sc1C. The third kappa shape index (κ3) is 3.44. The van der Waals surface area contributed by atoms with Gasteiger partial charge in [0.25, 0.3) is 5.91 Å². The summed E-state index contributed by atoms with van der Waals surface area (Å²) in [6.45, 7) is 5.34. The molecule has 0 fully saturated rings. The van der Waals surface area contributed by atoms with Gasteiger partial charge < -0.3 is 4.74 Å². The van der Waals surface area contributed by atoms with Crippen molar-refractivity contribution in [3.05, 3.63) is 39.8 Å². The lowest BCUT2D eigenvalue weighted by molar-refractivity contribution is -0.123. The Bertz CT molecular complexity index is 897. The Labute approximate surface area is 146 Å². The molecule has 0 saturated carbocycles. The number of aromatic nitrogens is 2. The average Bonchev–Trinajstić information content (AvgIpc) is 3.13. The van der Waals surface area contributed by atoms with Crippen molar-refractivity contribution >= 4 is 49.9 Å². The average molecular weight is 361 g/mol. The van der Waals surface area contributed by atoms with Gasteiger partial charge in [0.05, 0.1) is 27.0 Å². The van der Waals surface area contributed by atoms with Crippen LogP contribution in [0, 0.1) is 13.8 Å². The number of benzene rings is 1. The van der Waals surface area contributed by atoms with Gasteiger partial charge >= 0.3 is 5.97 Å². The minimum Gasteiger partial charge on any atom is -0.449 e. The minimum absolute atomic E-state index is 0.396. The van der Waals surface area contributed by atoms with E-state index in [4.69, 9.17) is 4.74 Å². The number of amides is 1. The van der Waals surface area contributed by atoms with Crippen molar-refractivity contribution in [3.63, 3.8) is 0 Å². The number of thiazole rings is 2. The monoisotopic (exact) mass is 361 g/mol. The summed E-state index contributed by atoms with van der Waals surface area (Å²) in [5.74, 6) is -0.949. The van der Waals surface area contributed by atoms with Crippen molar-refractivity contribution in [2.75, 3.05) is 5.32 Å². The molecule has 0 aliphatic rings. The first-order valence-electron chi connectivity index (χ1n) is 7.23. The zero-order valence-electron chi connectivity index (χ0n) is 13.3. The van der Waals surface area contributed by atoms with E-state index in [0.717, 1.165) is 20.8 Å². The van der Waals surface area contributed by atoms with E-state index >= 15 is 0 Å². The van der Waals surface area contributed by atoms with Crippen LogP contribution in [0.1, 0.15) is 27.9 Å². The summed E-state index contributed by atoms with van der Waals surface area (Å²) in [7, 11) is 0. The predicted molar refractivity (Wildman–Crippen MR) is 94.7 cm³/mol. The van der Waals surface area contributed by atoms with Crippen LogP contribution in [0.5, 0.6) is 0 Å². The smallest absolute Gasteiger partial charge is 0.338 e. The maximum absolute atomic E-state index is 12.2. The summed E-state index contributed by atoms with van der Waals surface area (Å²) in [5.41, 5.74) is 3.82. The Morgan fingerprint density at radius 1 is 1.29 bits per heavy atom. The summed E-state index contributed by atoms with van der Waals surface area (Å²) in [6, 6.07) is 5.12. The molecule has 1 aromatic carbocycles. The number of anilines is 1. The van der Waals surface area contributed by atoms with Crippen LogP contribution >= 0.6 is 22.7 Å². The highest BCUT2D eigenvalue weighted by Gasteiger charge is 2.20. The molecular weight excluding hydrogens is 346 g/mol. The summed E-state index contributed by atoms with van der Waals surface area (Å²) in [6.07, 6.45) is -0.917. The fraction of sp³-hybridized carbons (Fsp3) is 0.250. The van der Waals surface area contributed by atoms with Crippen molar-refractivity contribution in [1.29, 1.82) is 0 Å². The number of esters is 1. The molecule has 124 valence electrons. The largest absolute Gasteiger partial charge is 0.449 e. The van der Waals surface area contributed by atoms with E-state index in [1.54, 1.807) is 23.7 Å². The van der Waals surface area contributed by atoms with Gasteiger partial charge in [0.2, 0.25) is 0 Å². The molecular formula is C16H15N3O3S2. The van der Waals surface area contributed by atoms with Crippen LogP contribution in [0.25, 0.3) is 10.2 Å². The number of hydrogen-bond acceptors (Lipinski definition) is 7. The van der Waals surface area contributed by atoms with Crippen molar-refractivity contribution < 1.29 is 14.3 Å². The van der Waals surface area contributed by atoms with Gasteiger partial charge in [-0.3, -0.25) is 10.1 Å². The molecule has 3 rings (SSSR count). The Hall–Kier alpha value is -2.32. The summed E-state index contributed by atoms with van der Waals surface area (Å²) < 4.78 is 6.14. The Morgan fingerprint density at radius 2 is 2.08 bits per heavy atom. The van der Waals surface area contributed by atoms with Gasteiger partial charge in [0, 0.05) is 4.88 Å². The van der Waals surface area contributed by atoms with Gasteiger partial charge in [-0.25, -0.2) is 14.8 Å². The molecule has 1 atom stereocenters. The van der Waals surface area contributed by atoms with Crippen molar-refractivity contribution in [1.82, 2.24) is 9.97 Å². The van der Waals surface area contributed by atoms with Gasteiger partial charge in [-0.2, -0.15) is 0 Å². The number of ether oxygens (including phenoxy) is 1. The van der Waals surface area contributed by atoms with Crippen LogP contribution in [0.3, 0.4) is 0 Å². The molecule has 8 heteroatoms. The lowest BCUT2D eigenvalue weighted by Crippen LogP contribution is -2.29. The number of nitrogens with one attached hydrogen (secondary N) is 1. The highest BCUT2D eigenvalue weighted by Crippen LogP contribution is 2.22. The predicted octanol–water partition coefficient (Wildman–Crippen LogP) is 3.55. The van der Waals surface area contributed by atoms with Gasteiger partial charge in [-0.05, 0) is 39.0 Å². The van der Waals surface area contributed by atoms with Gasteiger partial charge in [0.1, 0.15) is 0 Å². The molecule has 2 aromatic heterocycles. The van der Waals surface area contributed by atoms with Crippen LogP contribution in [-0.2, 0) is 9.53 Å². The number of rotatable bonds is 4. The minimum atomic E-state index is -0.917. The van der Waals surface area contributed by atoms with Crippen LogP contribution in [0.15, 0.2) is 23.7 Å². The zero-order chi connectivity index (χ0) is 17.3. The van der Waals surface area contributed by atoms with Crippen molar-refractivity contribution in [2.24, 2.45) is 0 Å². The number of carbonyl (C=O) groups excluding carboxylic acids is 2. The Morgan fingerprint density at radius 3 is 2.79 bits per heavy atom. The molecule has 1 N–H and O–H groups in total. The maximum Gasteiger partial charge on any atom is 0.338 e. The second-order valence-corrected chi connectivity index (χ2v) is 7.32. The van der Waals surface area contributed by atoms with Crippen molar-refractivity contribution in [2.45, 2.75) is 26.9 Å². The van der Waals surface area contributed by atoms with Crippen molar-refractivity contribution in [3.8, 4) is 0 Å². The van der Waals surface area contributed by atoms with Gasteiger partial charge in [0.15, 0.2) is 11.2 Å². The fourth-order valence-corrected chi connectivity index (χ4v) is 3.53.